The monoisotopic (exact) mass is 415 g/mol. The first-order chi connectivity index (χ1) is 15.2. The van der Waals surface area contributed by atoms with Crippen molar-refractivity contribution < 1.29 is 24.0 Å². The molecule has 0 aliphatic carbocycles. The van der Waals surface area contributed by atoms with E-state index in [0.717, 1.165) is 21.6 Å². The number of likely N-dealkylation sites (tertiary alicyclic amines) is 1. The number of amides is 1. The van der Waals surface area contributed by atoms with Crippen LogP contribution in [0.2, 0.25) is 0 Å². The number of rotatable bonds is 6. The SMILES string of the molecule is O=C1C[NH+]([C@@H](C(=O)NC(c2ccccc2)c2ccccc2)c2ccc3c(c2)OCO3)C1. The molecule has 2 N–H and O–H groups in total. The van der Waals surface area contributed by atoms with Crippen molar-refractivity contribution in [2.75, 3.05) is 19.9 Å². The van der Waals surface area contributed by atoms with Crippen LogP contribution in [0, 0.1) is 0 Å². The number of nitrogens with one attached hydrogen (secondary N) is 2. The summed E-state index contributed by atoms with van der Waals surface area (Å²) in [6.45, 7) is 0.858. The number of quaternary nitrogens is 1. The maximum atomic E-state index is 13.6. The molecule has 156 valence electrons. The predicted molar refractivity (Wildman–Crippen MR) is 114 cm³/mol. The van der Waals surface area contributed by atoms with E-state index >= 15 is 0 Å². The Morgan fingerprint density at radius 3 is 2.03 bits per heavy atom. The minimum atomic E-state index is -0.512. The Morgan fingerprint density at radius 2 is 1.42 bits per heavy atom. The van der Waals surface area contributed by atoms with Crippen LogP contribution in [0.1, 0.15) is 28.8 Å². The first kappa shape index (κ1) is 19.3. The molecule has 6 nitrogen and oxygen atoms in total. The van der Waals surface area contributed by atoms with E-state index in [4.69, 9.17) is 9.47 Å². The molecule has 31 heavy (non-hydrogen) atoms. The van der Waals surface area contributed by atoms with E-state index in [9.17, 15) is 9.59 Å². The lowest BCUT2D eigenvalue weighted by molar-refractivity contribution is -0.929. The molecular formula is C25H23N2O4+. The van der Waals surface area contributed by atoms with Crippen molar-refractivity contribution in [3.8, 4) is 11.5 Å². The number of Topliss-reactive ketones (excluding diaryl/α,β-unsaturated/α-hetero) is 1. The fourth-order valence-electron chi connectivity index (χ4n) is 4.20. The number of benzene rings is 3. The summed E-state index contributed by atoms with van der Waals surface area (Å²) in [5, 5.41) is 3.24. The highest BCUT2D eigenvalue weighted by atomic mass is 16.7. The molecule has 0 spiro atoms. The Balaban J connectivity index is 1.47. The second-order valence-corrected chi connectivity index (χ2v) is 7.86. The summed E-state index contributed by atoms with van der Waals surface area (Å²) in [4.78, 5) is 26.3. The van der Waals surface area contributed by atoms with Gasteiger partial charge >= 0.3 is 0 Å². The highest BCUT2D eigenvalue weighted by molar-refractivity contribution is 5.87. The van der Waals surface area contributed by atoms with Crippen LogP contribution in [-0.4, -0.2) is 31.6 Å². The molecule has 1 saturated heterocycles. The van der Waals surface area contributed by atoms with Crippen molar-refractivity contribution in [3.05, 3.63) is 95.6 Å². The second kappa shape index (κ2) is 8.24. The smallest absolute Gasteiger partial charge is 0.283 e. The quantitative estimate of drug-likeness (QED) is 0.645. The van der Waals surface area contributed by atoms with E-state index in [2.05, 4.69) is 5.32 Å². The van der Waals surface area contributed by atoms with Gasteiger partial charge in [-0.15, -0.1) is 0 Å². The molecule has 0 radical (unpaired) electrons. The highest BCUT2D eigenvalue weighted by Crippen LogP contribution is 2.34. The van der Waals surface area contributed by atoms with E-state index in [-0.39, 0.29) is 24.5 Å². The Kier molecular flexibility index (Phi) is 5.14. The van der Waals surface area contributed by atoms with E-state index in [1.165, 1.54) is 0 Å². The normalized spacial score (nSPS) is 16.1. The van der Waals surface area contributed by atoms with Crippen LogP contribution in [-0.2, 0) is 9.59 Å². The van der Waals surface area contributed by atoms with Gasteiger partial charge in [-0.3, -0.25) is 9.59 Å². The lowest BCUT2D eigenvalue weighted by atomic mass is 9.96. The Labute approximate surface area is 180 Å². The van der Waals surface area contributed by atoms with Crippen molar-refractivity contribution in [1.29, 1.82) is 0 Å². The zero-order valence-corrected chi connectivity index (χ0v) is 16.9. The van der Waals surface area contributed by atoms with Crippen LogP contribution in [0.15, 0.2) is 78.9 Å². The predicted octanol–water partition coefficient (Wildman–Crippen LogP) is 1.83. The summed E-state index contributed by atoms with van der Waals surface area (Å²) >= 11 is 0. The van der Waals surface area contributed by atoms with E-state index in [1.54, 1.807) is 0 Å². The lowest BCUT2D eigenvalue weighted by Crippen LogP contribution is -3.21. The molecule has 3 aromatic rings. The average molecular weight is 415 g/mol. The minimum Gasteiger partial charge on any atom is -0.454 e. The molecule has 1 fully saturated rings. The van der Waals surface area contributed by atoms with Gasteiger partial charge in [0.15, 0.2) is 17.5 Å². The maximum Gasteiger partial charge on any atom is 0.283 e. The van der Waals surface area contributed by atoms with Crippen molar-refractivity contribution in [2.45, 2.75) is 12.1 Å². The molecule has 0 saturated carbocycles. The minimum absolute atomic E-state index is 0.126. The average Bonchev–Trinajstić information content (AvgIpc) is 3.26. The fraction of sp³-hybridized carbons (Fsp3) is 0.200. The molecule has 6 heteroatoms. The van der Waals surface area contributed by atoms with Gasteiger partial charge in [0.2, 0.25) is 12.6 Å². The molecule has 3 aromatic carbocycles. The second-order valence-electron chi connectivity index (χ2n) is 7.86. The van der Waals surface area contributed by atoms with Crippen LogP contribution in [0.25, 0.3) is 0 Å². The van der Waals surface area contributed by atoms with Gasteiger partial charge < -0.3 is 19.7 Å². The van der Waals surface area contributed by atoms with E-state index in [0.29, 0.717) is 24.6 Å². The topological polar surface area (TPSA) is 69.1 Å². The molecule has 1 atom stereocenters. The molecule has 0 bridgehead atoms. The number of hydrogen-bond acceptors (Lipinski definition) is 4. The van der Waals surface area contributed by atoms with Crippen molar-refractivity contribution >= 4 is 11.7 Å². The summed E-state index contributed by atoms with van der Waals surface area (Å²) in [6, 6.07) is 24.6. The summed E-state index contributed by atoms with van der Waals surface area (Å²) in [5.74, 6) is 1.34. The van der Waals surface area contributed by atoms with Gasteiger partial charge in [0.1, 0.15) is 13.1 Å². The standard InChI is InChI=1S/C25H22N2O4/c28-20-14-27(15-20)24(19-11-12-21-22(13-19)31-16-30-21)25(29)26-23(17-7-3-1-4-8-17)18-9-5-2-6-10-18/h1-13,23-24H,14-16H2,(H,26,29)/p+1/t24-/m1/s1. The third-order valence-corrected chi connectivity index (χ3v) is 5.80. The van der Waals surface area contributed by atoms with Crippen LogP contribution >= 0.6 is 0 Å². The van der Waals surface area contributed by atoms with Gasteiger partial charge in [-0.05, 0) is 29.3 Å². The number of carbonyl (C=O) groups excluding carboxylic acids is 2. The van der Waals surface area contributed by atoms with Crippen molar-refractivity contribution in [3.63, 3.8) is 0 Å². The van der Waals surface area contributed by atoms with Crippen molar-refractivity contribution in [2.24, 2.45) is 0 Å². The molecule has 0 unspecified atom stereocenters. The summed E-state index contributed by atoms with van der Waals surface area (Å²) < 4.78 is 10.9. The van der Waals surface area contributed by atoms with Gasteiger partial charge in [-0.25, -0.2) is 0 Å². The van der Waals surface area contributed by atoms with E-state index < -0.39 is 6.04 Å². The summed E-state index contributed by atoms with van der Waals surface area (Å²) in [7, 11) is 0. The van der Waals surface area contributed by atoms with Crippen LogP contribution in [0.3, 0.4) is 0 Å². The van der Waals surface area contributed by atoms with Crippen LogP contribution < -0.4 is 19.7 Å². The first-order valence-corrected chi connectivity index (χ1v) is 10.3. The number of hydrogen-bond donors (Lipinski definition) is 2. The van der Waals surface area contributed by atoms with Gasteiger partial charge in [-0.1, -0.05) is 60.7 Å². The number of fused-ring (bicyclic) bond motifs is 1. The third-order valence-electron chi connectivity index (χ3n) is 5.80. The van der Waals surface area contributed by atoms with Crippen molar-refractivity contribution in [1.82, 2.24) is 5.32 Å². The molecular weight excluding hydrogens is 392 g/mol. The first-order valence-electron chi connectivity index (χ1n) is 10.3. The number of carbonyl (C=O) groups is 2. The number of ether oxygens (including phenoxy) is 2. The molecule has 2 aliphatic heterocycles. The number of ketones is 1. The fourth-order valence-corrected chi connectivity index (χ4v) is 4.20. The third kappa shape index (κ3) is 3.90. The molecule has 1 amide bonds. The Hall–Kier alpha value is -3.64. The Bertz CT molecular complexity index is 1050. The summed E-state index contributed by atoms with van der Waals surface area (Å²) in [5.41, 5.74) is 2.81. The molecule has 2 heterocycles. The summed E-state index contributed by atoms with van der Waals surface area (Å²) in [6.07, 6.45) is 0. The molecule has 2 aliphatic rings. The molecule has 5 rings (SSSR count). The largest absolute Gasteiger partial charge is 0.454 e. The van der Waals surface area contributed by atoms with Gasteiger partial charge in [0.25, 0.3) is 5.91 Å². The van der Waals surface area contributed by atoms with E-state index in [1.807, 2.05) is 78.9 Å². The van der Waals surface area contributed by atoms with Crippen LogP contribution in [0.5, 0.6) is 11.5 Å². The van der Waals surface area contributed by atoms with Gasteiger partial charge in [0, 0.05) is 5.56 Å². The zero-order chi connectivity index (χ0) is 21.2. The highest BCUT2D eigenvalue weighted by Gasteiger charge is 2.41. The van der Waals surface area contributed by atoms with Gasteiger partial charge in [-0.2, -0.15) is 0 Å². The van der Waals surface area contributed by atoms with Crippen LogP contribution in [0.4, 0.5) is 0 Å². The Morgan fingerprint density at radius 1 is 0.806 bits per heavy atom. The zero-order valence-electron chi connectivity index (χ0n) is 16.9. The maximum absolute atomic E-state index is 13.6. The van der Waals surface area contributed by atoms with Gasteiger partial charge in [0.05, 0.1) is 6.04 Å². The molecule has 0 aromatic heterocycles. The lowest BCUT2D eigenvalue weighted by Gasteiger charge is -2.34.